The SMILES string of the molecule is CC(c1ccccc1)N1CCC(NC(=O)CCC2CCCCN2C)CC1. The predicted molar refractivity (Wildman–Crippen MR) is 107 cm³/mol. The first-order chi connectivity index (χ1) is 12.6. The molecule has 1 aromatic carbocycles. The molecule has 0 aliphatic carbocycles. The molecule has 0 aromatic heterocycles. The van der Waals surface area contributed by atoms with Gasteiger partial charge in [-0.15, -0.1) is 0 Å². The standard InChI is InChI=1S/C22H35N3O/c1-18(19-8-4-3-5-9-19)25-16-13-20(14-17-25)23-22(26)12-11-21-10-6-7-15-24(21)2/h3-5,8-9,18,20-21H,6-7,10-17H2,1-2H3,(H,23,26). The van der Waals surface area contributed by atoms with Gasteiger partial charge in [0.25, 0.3) is 0 Å². The van der Waals surface area contributed by atoms with Crippen LogP contribution in [0, 0.1) is 0 Å². The monoisotopic (exact) mass is 357 g/mol. The molecular formula is C22H35N3O. The Kier molecular flexibility index (Phi) is 7.09. The summed E-state index contributed by atoms with van der Waals surface area (Å²) in [5.41, 5.74) is 1.38. The van der Waals surface area contributed by atoms with Crippen LogP contribution in [0.4, 0.5) is 0 Å². The second-order valence-electron chi connectivity index (χ2n) is 8.13. The van der Waals surface area contributed by atoms with E-state index < -0.39 is 0 Å². The average Bonchev–Trinajstić information content (AvgIpc) is 2.68. The Morgan fingerprint density at radius 1 is 1.12 bits per heavy atom. The van der Waals surface area contributed by atoms with Gasteiger partial charge in [0.1, 0.15) is 0 Å². The zero-order valence-corrected chi connectivity index (χ0v) is 16.5. The third-order valence-electron chi connectivity index (χ3n) is 6.35. The molecule has 3 rings (SSSR count). The second kappa shape index (κ2) is 9.52. The van der Waals surface area contributed by atoms with Crippen LogP contribution in [0.2, 0.25) is 0 Å². The molecule has 2 aliphatic rings. The fraction of sp³-hybridized carbons (Fsp3) is 0.682. The van der Waals surface area contributed by atoms with Crippen molar-refractivity contribution in [1.29, 1.82) is 0 Å². The van der Waals surface area contributed by atoms with Gasteiger partial charge in [-0.2, -0.15) is 0 Å². The zero-order valence-electron chi connectivity index (χ0n) is 16.5. The quantitative estimate of drug-likeness (QED) is 0.845. The van der Waals surface area contributed by atoms with Crippen LogP contribution in [0.5, 0.6) is 0 Å². The summed E-state index contributed by atoms with van der Waals surface area (Å²) >= 11 is 0. The average molecular weight is 358 g/mol. The van der Waals surface area contributed by atoms with E-state index in [9.17, 15) is 4.79 Å². The van der Waals surface area contributed by atoms with Crippen LogP contribution >= 0.6 is 0 Å². The highest BCUT2D eigenvalue weighted by Crippen LogP contribution is 2.24. The summed E-state index contributed by atoms with van der Waals surface area (Å²) in [6.45, 7) is 5.60. The van der Waals surface area contributed by atoms with Crippen molar-refractivity contribution in [2.24, 2.45) is 0 Å². The minimum atomic E-state index is 0.249. The number of benzene rings is 1. The Hall–Kier alpha value is -1.39. The first kappa shape index (κ1) is 19.4. The largest absolute Gasteiger partial charge is 0.353 e. The Balaban J connectivity index is 1.37. The summed E-state index contributed by atoms with van der Waals surface area (Å²) in [5.74, 6) is 0.249. The number of hydrogen-bond acceptors (Lipinski definition) is 3. The minimum absolute atomic E-state index is 0.249. The molecular weight excluding hydrogens is 322 g/mol. The first-order valence-corrected chi connectivity index (χ1v) is 10.4. The molecule has 0 spiro atoms. The van der Waals surface area contributed by atoms with Crippen molar-refractivity contribution >= 4 is 5.91 Å². The van der Waals surface area contributed by atoms with Gasteiger partial charge in [0.2, 0.25) is 5.91 Å². The number of nitrogens with one attached hydrogen (secondary N) is 1. The Morgan fingerprint density at radius 2 is 1.85 bits per heavy atom. The van der Waals surface area contributed by atoms with Crippen molar-refractivity contribution in [2.75, 3.05) is 26.7 Å². The zero-order chi connectivity index (χ0) is 18.4. The summed E-state index contributed by atoms with van der Waals surface area (Å²) in [6.07, 6.45) is 7.67. The molecule has 26 heavy (non-hydrogen) atoms. The molecule has 4 heteroatoms. The minimum Gasteiger partial charge on any atom is -0.353 e. The van der Waals surface area contributed by atoms with E-state index in [0.29, 0.717) is 24.5 Å². The van der Waals surface area contributed by atoms with Crippen molar-refractivity contribution < 1.29 is 4.79 Å². The molecule has 2 heterocycles. The van der Waals surface area contributed by atoms with Crippen molar-refractivity contribution in [3.63, 3.8) is 0 Å². The van der Waals surface area contributed by atoms with Gasteiger partial charge in [0.15, 0.2) is 0 Å². The van der Waals surface area contributed by atoms with Gasteiger partial charge in [0, 0.05) is 37.6 Å². The third-order valence-corrected chi connectivity index (χ3v) is 6.35. The highest BCUT2D eigenvalue weighted by atomic mass is 16.1. The van der Waals surface area contributed by atoms with Gasteiger partial charge in [-0.25, -0.2) is 0 Å². The van der Waals surface area contributed by atoms with Crippen LogP contribution in [-0.2, 0) is 4.79 Å². The number of carbonyl (C=O) groups excluding carboxylic acids is 1. The van der Waals surface area contributed by atoms with E-state index in [1.807, 2.05) is 0 Å². The topological polar surface area (TPSA) is 35.6 Å². The smallest absolute Gasteiger partial charge is 0.220 e. The normalized spacial score (nSPS) is 24.3. The number of amides is 1. The summed E-state index contributed by atoms with van der Waals surface area (Å²) < 4.78 is 0. The van der Waals surface area contributed by atoms with Crippen LogP contribution in [0.25, 0.3) is 0 Å². The van der Waals surface area contributed by atoms with E-state index in [0.717, 1.165) is 32.4 Å². The van der Waals surface area contributed by atoms with Crippen molar-refractivity contribution in [2.45, 2.75) is 70.0 Å². The van der Waals surface area contributed by atoms with Crippen molar-refractivity contribution in [3.05, 3.63) is 35.9 Å². The molecule has 4 nitrogen and oxygen atoms in total. The molecule has 1 aromatic rings. The molecule has 2 aliphatic heterocycles. The highest BCUT2D eigenvalue weighted by molar-refractivity contribution is 5.76. The number of piperidine rings is 2. The number of hydrogen-bond donors (Lipinski definition) is 1. The van der Waals surface area contributed by atoms with Crippen molar-refractivity contribution in [1.82, 2.24) is 15.1 Å². The van der Waals surface area contributed by atoms with Gasteiger partial charge in [-0.3, -0.25) is 9.69 Å². The van der Waals surface area contributed by atoms with E-state index in [2.05, 4.69) is 59.4 Å². The summed E-state index contributed by atoms with van der Waals surface area (Å²) in [4.78, 5) is 17.3. The van der Waals surface area contributed by atoms with E-state index in [1.165, 1.54) is 31.4 Å². The Morgan fingerprint density at radius 3 is 2.54 bits per heavy atom. The maximum Gasteiger partial charge on any atom is 0.220 e. The molecule has 2 fully saturated rings. The van der Waals surface area contributed by atoms with Gasteiger partial charge in [0.05, 0.1) is 0 Å². The molecule has 2 saturated heterocycles. The number of nitrogens with zero attached hydrogens (tertiary/aromatic N) is 2. The molecule has 0 saturated carbocycles. The molecule has 1 amide bonds. The Bertz CT molecular complexity index is 554. The van der Waals surface area contributed by atoms with Crippen LogP contribution in [-0.4, -0.2) is 54.5 Å². The lowest BCUT2D eigenvalue weighted by atomic mass is 9.97. The first-order valence-electron chi connectivity index (χ1n) is 10.4. The van der Waals surface area contributed by atoms with Crippen molar-refractivity contribution in [3.8, 4) is 0 Å². The molecule has 0 bridgehead atoms. The third kappa shape index (κ3) is 5.31. The van der Waals surface area contributed by atoms with E-state index in [4.69, 9.17) is 0 Å². The van der Waals surface area contributed by atoms with E-state index in [-0.39, 0.29) is 5.91 Å². The fourth-order valence-corrected chi connectivity index (χ4v) is 4.48. The number of carbonyl (C=O) groups is 1. The van der Waals surface area contributed by atoms with Crippen LogP contribution in [0.1, 0.15) is 63.5 Å². The lowest BCUT2D eigenvalue weighted by Crippen LogP contribution is -2.45. The van der Waals surface area contributed by atoms with Crippen LogP contribution in [0.3, 0.4) is 0 Å². The highest BCUT2D eigenvalue weighted by Gasteiger charge is 2.25. The summed E-state index contributed by atoms with van der Waals surface area (Å²) in [5, 5.41) is 3.29. The van der Waals surface area contributed by atoms with Crippen LogP contribution < -0.4 is 5.32 Å². The number of rotatable bonds is 6. The lowest BCUT2D eigenvalue weighted by Gasteiger charge is -2.36. The number of likely N-dealkylation sites (tertiary alicyclic amines) is 2. The van der Waals surface area contributed by atoms with Gasteiger partial charge in [-0.05, 0) is 58.2 Å². The van der Waals surface area contributed by atoms with Gasteiger partial charge >= 0.3 is 0 Å². The molecule has 0 radical (unpaired) electrons. The summed E-state index contributed by atoms with van der Waals surface area (Å²) in [7, 11) is 2.20. The molecule has 2 atom stereocenters. The molecule has 1 N–H and O–H groups in total. The maximum absolute atomic E-state index is 12.4. The van der Waals surface area contributed by atoms with E-state index in [1.54, 1.807) is 0 Å². The van der Waals surface area contributed by atoms with E-state index >= 15 is 0 Å². The van der Waals surface area contributed by atoms with Gasteiger partial charge < -0.3 is 10.2 Å². The lowest BCUT2D eigenvalue weighted by molar-refractivity contribution is -0.122. The maximum atomic E-state index is 12.4. The predicted octanol–water partition coefficient (Wildman–Crippen LogP) is 3.59. The Labute approximate surface area is 158 Å². The molecule has 2 unspecified atom stereocenters. The summed E-state index contributed by atoms with van der Waals surface area (Å²) in [6, 6.07) is 12.1. The second-order valence-corrected chi connectivity index (χ2v) is 8.13. The van der Waals surface area contributed by atoms with Crippen LogP contribution in [0.15, 0.2) is 30.3 Å². The van der Waals surface area contributed by atoms with Gasteiger partial charge in [-0.1, -0.05) is 36.8 Å². The molecule has 144 valence electrons. The fourth-order valence-electron chi connectivity index (χ4n) is 4.48.